The third-order valence-electron chi connectivity index (χ3n) is 3.88. The minimum Gasteiger partial charge on any atom is -0.488 e. The van der Waals surface area contributed by atoms with Crippen molar-refractivity contribution in [1.82, 2.24) is 14.7 Å². The Bertz CT molecular complexity index is 605. The Morgan fingerprint density at radius 2 is 2.12 bits per heavy atom. The second-order valence-electron chi connectivity index (χ2n) is 5.80. The van der Waals surface area contributed by atoms with Gasteiger partial charge < -0.3 is 9.47 Å². The highest BCUT2D eigenvalue weighted by Crippen LogP contribution is 2.16. The third kappa shape index (κ3) is 5.01. The van der Waals surface area contributed by atoms with Crippen LogP contribution in [0.1, 0.15) is 5.56 Å². The highest BCUT2D eigenvalue weighted by Gasteiger charge is 2.21. The Morgan fingerprint density at radius 3 is 2.83 bits per heavy atom. The summed E-state index contributed by atoms with van der Waals surface area (Å²) < 4.78 is 36.9. The molecule has 5 nitrogen and oxygen atoms in total. The molecular formula is C17H21F2N3O2. The molecule has 1 saturated heterocycles. The fourth-order valence-electron chi connectivity index (χ4n) is 2.76. The van der Waals surface area contributed by atoms with Gasteiger partial charge in [-0.05, 0) is 23.8 Å². The molecule has 1 aliphatic heterocycles. The molecule has 0 saturated carbocycles. The van der Waals surface area contributed by atoms with Crippen molar-refractivity contribution in [1.29, 1.82) is 0 Å². The van der Waals surface area contributed by atoms with Crippen molar-refractivity contribution < 1.29 is 18.3 Å². The summed E-state index contributed by atoms with van der Waals surface area (Å²) in [7, 11) is 0. The van der Waals surface area contributed by atoms with Crippen molar-refractivity contribution in [3.05, 3.63) is 48.3 Å². The number of morpholine rings is 1. The van der Waals surface area contributed by atoms with E-state index < -0.39 is 13.0 Å². The lowest BCUT2D eigenvalue weighted by atomic mass is 10.2. The van der Waals surface area contributed by atoms with E-state index >= 15 is 0 Å². The minimum atomic E-state index is -2.45. The molecule has 7 heteroatoms. The van der Waals surface area contributed by atoms with Gasteiger partial charge in [-0.25, -0.2) is 8.78 Å². The molecule has 0 aliphatic carbocycles. The Balaban J connectivity index is 1.49. The van der Waals surface area contributed by atoms with E-state index in [0.717, 1.165) is 31.7 Å². The van der Waals surface area contributed by atoms with Crippen LogP contribution in [0.25, 0.3) is 0 Å². The zero-order valence-electron chi connectivity index (χ0n) is 13.4. The molecular weight excluding hydrogens is 316 g/mol. The number of hydrogen-bond acceptors (Lipinski definition) is 4. The first kappa shape index (κ1) is 16.9. The van der Waals surface area contributed by atoms with Crippen molar-refractivity contribution in [2.75, 3.05) is 26.3 Å². The number of halogens is 2. The average Bonchev–Trinajstić information content (AvgIpc) is 3.07. The topological polar surface area (TPSA) is 39.5 Å². The molecule has 1 unspecified atom stereocenters. The molecule has 1 aromatic heterocycles. The van der Waals surface area contributed by atoms with E-state index in [4.69, 9.17) is 9.47 Å². The fraction of sp³-hybridized carbons (Fsp3) is 0.471. The molecule has 3 rings (SSSR count). The van der Waals surface area contributed by atoms with E-state index in [-0.39, 0.29) is 6.10 Å². The minimum absolute atomic E-state index is 0.118. The first-order valence-electron chi connectivity index (χ1n) is 8.00. The summed E-state index contributed by atoms with van der Waals surface area (Å²) in [5.74, 6) is 0.470. The highest BCUT2D eigenvalue weighted by atomic mass is 19.3. The second kappa shape index (κ2) is 8.21. The maximum atomic E-state index is 12.1. The molecule has 0 radical (unpaired) electrons. The van der Waals surface area contributed by atoms with Crippen LogP contribution >= 0.6 is 0 Å². The van der Waals surface area contributed by atoms with E-state index in [2.05, 4.69) is 10.00 Å². The number of hydrogen-bond donors (Lipinski definition) is 0. The first-order chi connectivity index (χ1) is 11.7. The first-order valence-corrected chi connectivity index (χ1v) is 8.00. The molecule has 1 aromatic carbocycles. The highest BCUT2D eigenvalue weighted by molar-refractivity contribution is 5.27. The van der Waals surface area contributed by atoms with Crippen LogP contribution in [0.2, 0.25) is 0 Å². The SMILES string of the molecule is FC(F)COc1ccc(CN2CCOC(Cn3cccn3)C2)cc1. The number of aromatic nitrogens is 2. The predicted molar refractivity (Wildman–Crippen MR) is 85.2 cm³/mol. The van der Waals surface area contributed by atoms with Gasteiger partial charge in [-0.2, -0.15) is 5.10 Å². The lowest BCUT2D eigenvalue weighted by Gasteiger charge is -2.32. The van der Waals surface area contributed by atoms with Gasteiger partial charge in [0.05, 0.1) is 19.3 Å². The maximum Gasteiger partial charge on any atom is 0.272 e. The molecule has 24 heavy (non-hydrogen) atoms. The van der Waals surface area contributed by atoms with Crippen LogP contribution in [-0.2, 0) is 17.8 Å². The summed E-state index contributed by atoms with van der Waals surface area (Å²) in [6.07, 6.45) is 1.36. The van der Waals surface area contributed by atoms with Crippen LogP contribution in [0.5, 0.6) is 5.75 Å². The molecule has 0 bridgehead atoms. The van der Waals surface area contributed by atoms with Crippen molar-refractivity contribution in [2.45, 2.75) is 25.6 Å². The number of alkyl halides is 2. The normalized spacial score (nSPS) is 18.9. The van der Waals surface area contributed by atoms with E-state index in [1.807, 2.05) is 29.1 Å². The van der Waals surface area contributed by atoms with Gasteiger partial charge in [0, 0.05) is 32.0 Å². The zero-order valence-corrected chi connectivity index (χ0v) is 13.4. The van der Waals surface area contributed by atoms with Crippen LogP contribution in [0, 0.1) is 0 Å². The molecule has 1 atom stereocenters. The van der Waals surface area contributed by atoms with E-state index in [1.54, 1.807) is 18.3 Å². The summed E-state index contributed by atoms with van der Waals surface area (Å²) in [6.45, 7) is 3.38. The number of rotatable bonds is 7. The lowest BCUT2D eigenvalue weighted by molar-refractivity contribution is -0.0402. The molecule has 2 aromatic rings. The summed E-state index contributed by atoms with van der Waals surface area (Å²) in [4.78, 5) is 2.33. The van der Waals surface area contributed by atoms with Gasteiger partial charge in [-0.3, -0.25) is 9.58 Å². The summed E-state index contributed by atoms with van der Waals surface area (Å²) >= 11 is 0. The molecule has 0 amide bonds. The number of ether oxygens (including phenoxy) is 2. The quantitative estimate of drug-likeness (QED) is 0.778. The lowest BCUT2D eigenvalue weighted by Crippen LogP contribution is -2.43. The predicted octanol–water partition coefficient (Wildman–Crippen LogP) is 2.43. The standard InChI is InChI=1S/C17H21F2N3O2/c18-17(19)13-24-15-4-2-14(3-5-15)10-21-8-9-23-16(11-21)12-22-7-1-6-20-22/h1-7,16-17H,8-13H2. The van der Waals surface area contributed by atoms with Gasteiger partial charge in [0.25, 0.3) is 6.43 Å². The smallest absolute Gasteiger partial charge is 0.272 e. The van der Waals surface area contributed by atoms with Crippen molar-refractivity contribution >= 4 is 0 Å². The largest absolute Gasteiger partial charge is 0.488 e. The second-order valence-corrected chi connectivity index (χ2v) is 5.80. The van der Waals surface area contributed by atoms with Crippen molar-refractivity contribution in [2.24, 2.45) is 0 Å². The van der Waals surface area contributed by atoms with Crippen LogP contribution in [0.15, 0.2) is 42.7 Å². The number of benzene rings is 1. The zero-order chi connectivity index (χ0) is 16.8. The Hall–Kier alpha value is -1.99. The van der Waals surface area contributed by atoms with Crippen LogP contribution < -0.4 is 4.74 Å². The molecule has 1 aliphatic rings. The fourth-order valence-corrected chi connectivity index (χ4v) is 2.76. The Labute approximate surface area is 139 Å². The van der Waals surface area contributed by atoms with Gasteiger partial charge in [-0.1, -0.05) is 12.1 Å². The van der Waals surface area contributed by atoms with Crippen LogP contribution in [-0.4, -0.2) is 53.5 Å². The summed E-state index contributed by atoms with van der Waals surface area (Å²) in [5, 5.41) is 4.21. The molecule has 2 heterocycles. The molecule has 0 N–H and O–H groups in total. The monoisotopic (exact) mass is 337 g/mol. The Kier molecular flexibility index (Phi) is 5.77. The van der Waals surface area contributed by atoms with E-state index in [9.17, 15) is 8.78 Å². The summed E-state index contributed by atoms with van der Waals surface area (Å²) in [5.41, 5.74) is 1.12. The van der Waals surface area contributed by atoms with Crippen molar-refractivity contribution in [3.63, 3.8) is 0 Å². The van der Waals surface area contributed by atoms with Gasteiger partial charge >= 0.3 is 0 Å². The number of nitrogens with zero attached hydrogens (tertiary/aromatic N) is 3. The Morgan fingerprint density at radius 1 is 1.29 bits per heavy atom. The van der Waals surface area contributed by atoms with Gasteiger partial charge in [0.2, 0.25) is 0 Å². The summed E-state index contributed by atoms with van der Waals surface area (Å²) in [6, 6.07) is 9.20. The van der Waals surface area contributed by atoms with Crippen LogP contribution in [0.3, 0.4) is 0 Å². The van der Waals surface area contributed by atoms with Gasteiger partial charge in [0.1, 0.15) is 12.4 Å². The van der Waals surface area contributed by atoms with Crippen LogP contribution in [0.4, 0.5) is 8.78 Å². The van der Waals surface area contributed by atoms with E-state index in [1.165, 1.54) is 0 Å². The third-order valence-corrected chi connectivity index (χ3v) is 3.88. The van der Waals surface area contributed by atoms with E-state index in [0.29, 0.717) is 12.4 Å². The molecule has 130 valence electrons. The van der Waals surface area contributed by atoms with Gasteiger partial charge in [-0.15, -0.1) is 0 Å². The molecule has 1 fully saturated rings. The average molecular weight is 337 g/mol. The van der Waals surface area contributed by atoms with Crippen molar-refractivity contribution in [3.8, 4) is 5.75 Å². The maximum absolute atomic E-state index is 12.1. The molecule has 0 spiro atoms. The van der Waals surface area contributed by atoms with Gasteiger partial charge in [0.15, 0.2) is 0 Å².